The molecule has 0 spiro atoms. The fourth-order valence-corrected chi connectivity index (χ4v) is 0. The van der Waals surface area contributed by atoms with Crippen molar-refractivity contribution in [3.8, 4) is 0 Å². The van der Waals surface area contributed by atoms with Gasteiger partial charge in [-0.15, -0.1) is 0 Å². The van der Waals surface area contributed by atoms with Gasteiger partial charge in [0.15, 0.2) is 0 Å². The average Bonchev–Trinajstić information content (AvgIpc) is 0. The quantitative estimate of drug-likeness (QED) is 0.417. The summed E-state index contributed by atoms with van der Waals surface area (Å²) < 4.78 is 0. The standard InChI is InChI=1S/6ClH.Zr/h6*1H;/q;;;;;;+6/p-6. The zero-order valence-electron chi connectivity index (χ0n) is 2.77. The Morgan fingerprint density at radius 2 is 0.286 bits per heavy atom. The summed E-state index contributed by atoms with van der Waals surface area (Å²) in [5.41, 5.74) is 0. The molecule has 0 nitrogen and oxygen atoms in total. The first-order valence-electron chi connectivity index (χ1n) is 0. The zero-order chi connectivity index (χ0) is 0. The minimum absolute atomic E-state index is 0. The van der Waals surface area contributed by atoms with Gasteiger partial charge in [-0.2, -0.15) is 0 Å². The maximum atomic E-state index is 0. The van der Waals surface area contributed by atoms with Gasteiger partial charge in [0.2, 0.25) is 0 Å². The van der Waals surface area contributed by atoms with Crippen LogP contribution in [0.1, 0.15) is 0 Å². The second-order valence-corrected chi connectivity index (χ2v) is 0. The molecule has 0 aliphatic carbocycles. The summed E-state index contributed by atoms with van der Waals surface area (Å²) in [7, 11) is 0. The second kappa shape index (κ2) is 72.8. The molecule has 0 rings (SSSR count). The first-order chi connectivity index (χ1) is 0. The van der Waals surface area contributed by atoms with E-state index in [0.29, 0.717) is 0 Å². The molecule has 0 amide bonds. The van der Waals surface area contributed by atoms with Crippen molar-refractivity contribution in [2.45, 2.75) is 0 Å². The van der Waals surface area contributed by atoms with Gasteiger partial charge in [-0.1, -0.05) is 0 Å². The van der Waals surface area contributed by atoms with Crippen LogP contribution in [0, 0.1) is 0 Å². The van der Waals surface area contributed by atoms with Gasteiger partial charge in [0, 0.05) is 0 Å². The van der Waals surface area contributed by atoms with Crippen LogP contribution in [0.4, 0.5) is 0 Å². The van der Waals surface area contributed by atoms with E-state index >= 15 is 0 Å². The molecule has 0 fully saturated rings. The van der Waals surface area contributed by atoms with E-state index in [0.717, 1.165) is 0 Å². The number of halogens is 6. The van der Waals surface area contributed by atoms with Crippen molar-refractivity contribution >= 4 is 0 Å². The predicted molar refractivity (Wildman–Crippen MR) is 0 cm³/mol. The third kappa shape index (κ3) is 55.0. The molecular weight excluding hydrogens is 304 g/mol. The van der Waals surface area contributed by atoms with Gasteiger partial charge in [0.05, 0.1) is 0 Å². The normalized spacial score (nSPS) is 0. The van der Waals surface area contributed by atoms with E-state index in [-0.39, 0.29) is 101 Å². The van der Waals surface area contributed by atoms with Crippen molar-refractivity contribution in [3.63, 3.8) is 0 Å². The Bertz CT molecular complexity index is 4.14. The molecule has 0 aromatic heterocycles. The van der Waals surface area contributed by atoms with E-state index in [1.807, 2.05) is 0 Å². The van der Waals surface area contributed by atoms with E-state index in [1.165, 1.54) is 0 Å². The summed E-state index contributed by atoms with van der Waals surface area (Å²) in [5, 5.41) is 0. The van der Waals surface area contributed by atoms with Crippen molar-refractivity contribution in [2.75, 3.05) is 0 Å². The molecule has 0 unspecified atom stereocenters. The van der Waals surface area contributed by atoms with Crippen LogP contribution in [0.3, 0.4) is 0 Å². The predicted octanol–water partition coefficient (Wildman–Crippen LogP) is -18.0. The van der Waals surface area contributed by atoms with Gasteiger partial charge in [-0.3, -0.25) is 0 Å². The molecule has 0 aromatic rings. The zero-order valence-corrected chi connectivity index (χ0v) is 9.76. The molecule has 0 radical (unpaired) electrons. The van der Waals surface area contributed by atoms with Crippen molar-refractivity contribution in [2.24, 2.45) is 0 Å². The Kier molecular flexibility index (Phi) is 1080. The maximum absolute atomic E-state index is 0. The molecule has 7 heavy (non-hydrogen) atoms. The van der Waals surface area contributed by atoms with Crippen LogP contribution < -0.4 is 74.4 Å². The van der Waals surface area contributed by atoms with E-state index in [2.05, 4.69) is 0 Å². The van der Waals surface area contributed by atoms with Gasteiger partial charge in [0.1, 0.15) is 0 Å². The van der Waals surface area contributed by atoms with Gasteiger partial charge >= 0.3 is 26.2 Å². The molecule has 0 aliphatic rings. The van der Waals surface area contributed by atoms with Gasteiger partial charge in [-0.25, -0.2) is 0 Å². The largest absolute Gasteiger partial charge is 6.00 e. The van der Waals surface area contributed by atoms with Gasteiger partial charge < -0.3 is 74.4 Å². The number of rotatable bonds is 0. The first-order valence-corrected chi connectivity index (χ1v) is 0. The van der Waals surface area contributed by atoms with E-state index in [9.17, 15) is 0 Å². The Balaban J connectivity index is 0. The summed E-state index contributed by atoms with van der Waals surface area (Å²) in [4.78, 5) is 0. The van der Waals surface area contributed by atoms with E-state index < -0.39 is 0 Å². The summed E-state index contributed by atoms with van der Waals surface area (Å²) in [5.74, 6) is 0. The fourth-order valence-electron chi connectivity index (χ4n) is 0. The summed E-state index contributed by atoms with van der Waals surface area (Å²) in [6.07, 6.45) is 0. The monoisotopic (exact) mass is 300 g/mol. The third-order valence-corrected chi connectivity index (χ3v) is 0. The van der Waals surface area contributed by atoms with Crippen LogP contribution in [0.25, 0.3) is 0 Å². The van der Waals surface area contributed by atoms with Crippen LogP contribution in [0.2, 0.25) is 0 Å². The van der Waals surface area contributed by atoms with Crippen molar-refractivity contribution in [1.82, 2.24) is 0 Å². The average molecular weight is 304 g/mol. The van der Waals surface area contributed by atoms with Gasteiger partial charge in [0.25, 0.3) is 0 Å². The second-order valence-electron chi connectivity index (χ2n) is 0. The fraction of sp³-hybridized carbons (Fsp3) is 0. The van der Waals surface area contributed by atoms with E-state index in [1.54, 1.807) is 0 Å². The summed E-state index contributed by atoms with van der Waals surface area (Å²) >= 11 is 0. The molecule has 0 N–H and O–H groups in total. The Labute approximate surface area is 99.5 Å². The Morgan fingerprint density at radius 3 is 0.286 bits per heavy atom. The van der Waals surface area contributed by atoms with Crippen LogP contribution in [0.15, 0.2) is 0 Å². The molecule has 0 heterocycles. The topological polar surface area (TPSA) is 0 Å². The first kappa shape index (κ1) is 104. The van der Waals surface area contributed by atoms with Crippen molar-refractivity contribution in [1.29, 1.82) is 0 Å². The van der Waals surface area contributed by atoms with E-state index in [4.69, 9.17) is 0 Å². The van der Waals surface area contributed by atoms with Crippen molar-refractivity contribution < 1.29 is 101 Å². The Hall–Kier alpha value is 2.62. The van der Waals surface area contributed by atoms with Crippen molar-refractivity contribution in [3.05, 3.63) is 0 Å². The Morgan fingerprint density at radius 1 is 0.286 bits per heavy atom. The molecule has 7 heteroatoms. The minimum atomic E-state index is 0. The van der Waals surface area contributed by atoms with Crippen LogP contribution in [0.5, 0.6) is 0 Å². The van der Waals surface area contributed by atoms with Crippen LogP contribution in [-0.2, 0) is 26.2 Å². The van der Waals surface area contributed by atoms with Crippen LogP contribution >= 0.6 is 0 Å². The molecule has 0 aromatic carbocycles. The van der Waals surface area contributed by atoms with Crippen LogP contribution in [-0.4, -0.2) is 0 Å². The molecule has 0 aliphatic heterocycles. The number of hydrogen-bond acceptors (Lipinski definition) is 0. The van der Waals surface area contributed by atoms with Gasteiger partial charge in [-0.05, 0) is 0 Å². The number of hydrogen-bond donors (Lipinski definition) is 0. The molecule has 0 atom stereocenters. The summed E-state index contributed by atoms with van der Waals surface area (Å²) in [6, 6.07) is 0. The SMILES string of the molecule is [Cl-].[Cl-].[Cl-].[Cl-].[Cl-].[Cl-].[Zr+6]. The maximum Gasteiger partial charge on any atom is 6.00 e. The smallest absolute Gasteiger partial charge is 1.00 e. The third-order valence-electron chi connectivity index (χ3n) is 0. The molecule has 0 saturated carbocycles. The molecular formula is Cl6Zr. The minimum Gasteiger partial charge on any atom is -1.00 e. The summed E-state index contributed by atoms with van der Waals surface area (Å²) in [6.45, 7) is 0. The molecule has 0 saturated heterocycles. The molecule has 46 valence electrons. The molecule has 0 bridgehead atoms.